The molecule has 0 heterocycles. The first kappa shape index (κ1) is 22.3. The first-order valence-electron chi connectivity index (χ1n) is 8.27. The van der Waals surface area contributed by atoms with Crippen LogP contribution in [0.1, 0.15) is 67.2 Å². The van der Waals surface area contributed by atoms with Gasteiger partial charge in [0, 0.05) is 32.2 Å². The molecule has 0 aliphatic heterocycles. The highest BCUT2D eigenvalue weighted by molar-refractivity contribution is 5.82. The number of ketones is 1. The fraction of sp³-hybridized carbons (Fsp3) is 0.778. The van der Waals surface area contributed by atoms with E-state index < -0.39 is 17.3 Å². The maximum atomic E-state index is 12.4. The molecule has 138 valence electrons. The highest BCUT2D eigenvalue weighted by atomic mass is 16.7. The van der Waals surface area contributed by atoms with Crippen molar-refractivity contribution in [2.75, 3.05) is 7.05 Å². The van der Waals surface area contributed by atoms with E-state index in [1.54, 1.807) is 13.8 Å². The van der Waals surface area contributed by atoms with Crippen molar-refractivity contribution in [2.45, 2.75) is 67.2 Å². The molecule has 0 unspecified atom stereocenters. The molecule has 1 amide bonds. The molecule has 6 heteroatoms. The second-order valence-corrected chi connectivity index (χ2v) is 8.00. The summed E-state index contributed by atoms with van der Waals surface area (Å²) in [6.07, 6.45) is 1.57. The van der Waals surface area contributed by atoms with Crippen LogP contribution >= 0.6 is 0 Å². The van der Waals surface area contributed by atoms with Crippen molar-refractivity contribution in [3.63, 3.8) is 0 Å². The highest BCUT2D eigenvalue weighted by Crippen LogP contribution is 2.38. The smallest absolute Gasteiger partial charge is 0.338 e. The Labute approximate surface area is 144 Å². The van der Waals surface area contributed by atoms with Gasteiger partial charge < -0.3 is 9.63 Å². The normalized spacial score (nSPS) is 12.0. The summed E-state index contributed by atoms with van der Waals surface area (Å²) in [5.74, 6) is -0.846. The molecular formula is C18H31NO5. The lowest BCUT2D eigenvalue weighted by Crippen LogP contribution is -2.39. The third-order valence-corrected chi connectivity index (χ3v) is 3.82. The first-order valence-corrected chi connectivity index (χ1v) is 8.27. The van der Waals surface area contributed by atoms with Crippen molar-refractivity contribution >= 4 is 23.9 Å². The molecule has 0 bridgehead atoms. The van der Waals surface area contributed by atoms with Crippen molar-refractivity contribution in [2.24, 2.45) is 16.7 Å². The van der Waals surface area contributed by atoms with E-state index in [0.29, 0.717) is 19.1 Å². The van der Waals surface area contributed by atoms with Crippen LogP contribution in [0, 0.1) is 16.7 Å². The highest BCUT2D eigenvalue weighted by Gasteiger charge is 2.38. The van der Waals surface area contributed by atoms with E-state index in [1.165, 1.54) is 7.05 Å². The molecule has 0 aliphatic rings. The van der Waals surface area contributed by atoms with Crippen LogP contribution in [0.2, 0.25) is 0 Å². The second kappa shape index (κ2) is 8.94. The number of hydrogen-bond donors (Lipinski definition) is 0. The van der Waals surface area contributed by atoms with Crippen molar-refractivity contribution < 1.29 is 24.0 Å². The maximum absolute atomic E-state index is 12.4. The largest absolute Gasteiger partial charge is 0.338 e. The summed E-state index contributed by atoms with van der Waals surface area (Å²) in [4.78, 5) is 51.5. The van der Waals surface area contributed by atoms with Crippen LogP contribution in [0.3, 0.4) is 0 Å². The molecule has 0 fully saturated rings. The van der Waals surface area contributed by atoms with E-state index in [-0.39, 0.29) is 30.0 Å². The SMILES string of the molecule is CC(C)C(=O)CC(C)(C)CC(C)(C)C(=O)ON(C)C(=O)CCC=O. The summed E-state index contributed by atoms with van der Waals surface area (Å²) >= 11 is 0. The van der Waals surface area contributed by atoms with Gasteiger partial charge in [0.05, 0.1) is 5.41 Å². The van der Waals surface area contributed by atoms with Gasteiger partial charge in [0.2, 0.25) is 0 Å². The number of nitrogens with zero attached hydrogens (tertiary/aromatic N) is 1. The number of rotatable bonds is 9. The molecule has 0 aromatic heterocycles. The number of amides is 1. The molecule has 0 spiro atoms. The van der Waals surface area contributed by atoms with Gasteiger partial charge in [-0.05, 0) is 25.7 Å². The Bertz CT molecular complexity index is 480. The number of Topliss-reactive ketones (excluding diaryl/α,β-unsaturated/α-hetero) is 1. The van der Waals surface area contributed by atoms with Crippen molar-refractivity contribution in [3.8, 4) is 0 Å². The first-order chi connectivity index (χ1) is 10.8. The summed E-state index contributed by atoms with van der Waals surface area (Å²) in [7, 11) is 1.36. The van der Waals surface area contributed by atoms with Crippen molar-refractivity contribution in [3.05, 3.63) is 0 Å². The average molecular weight is 341 g/mol. The van der Waals surface area contributed by atoms with E-state index in [0.717, 1.165) is 5.06 Å². The Morgan fingerprint density at radius 3 is 2.12 bits per heavy atom. The Kier molecular flexibility index (Phi) is 8.30. The average Bonchev–Trinajstić information content (AvgIpc) is 2.42. The molecule has 0 aromatic carbocycles. The van der Waals surface area contributed by atoms with E-state index >= 15 is 0 Å². The van der Waals surface area contributed by atoms with E-state index in [9.17, 15) is 19.2 Å². The third-order valence-electron chi connectivity index (χ3n) is 3.82. The number of carbonyl (C=O) groups excluding carboxylic acids is 4. The van der Waals surface area contributed by atoms with Gasteiger partial charge in [-0.2, -0.15) is 5.06 Å². The van der Waals surface area contributed by atoms with Gasteiger partial charge in [-0.25, -0.2) is 4.79 Å². The Morgan fingerprint density at radius 1 is 1.12 bits per heavy atom. The molecular weight excluding hydrogens is 310 g/mol. The number of aldehydes is 1. The number of hydroxylamine groups is 2. The Morgan fingerprint density at radius 2 is 1.67 bits per heavy atom. The van der Waals surface area contributed by atoms with Crippen LogP contribution in [-0.4, -0.2) is 36.1 Å². The lowest BCUT2D eigenvalue weighted by Gasteiger charge is -2.34. The van der Waals surface area contributed by atoms with Crippen LogP contribution in [0.25, 0.3) is 0 Å². The summed E-state index contributed by atoms with van der Waals surface area (Å²) < 4.78 is 0. The summed E-state index contributed by atoms with van der Waals surface area (Å²) in [5.41, 5.74) is -1.20. The number of hydrogen-bond acceptors (Lipinski definition) is 5. The molecule has 0 aromatic rings. The molecule has 0 saturated carbocycles. The third kappa shape index (κ3) is 7.70. The molecule has 0 radical (unpaired) electrons. The quantitative estimate of drug-likeness (QED) is 0.476. The van der Waals surface area contributed by atoms with Crippen molar-refractivity contribution in [1.82, 2.24) is 5.06 Å². The van der Waals surface area contributed by atoms with Crippen LogP contribution in [0.5, 0.6) is 0 Å². The number of carbonyl (C=O) groups is 4. The lowest BCUT2D eigenvalue weighted by molar-refractivity contribution is -0.202. The second-order valence-electron chi connectivity index (χ2n) is 8.00. The fourth-order valence-electron chi connectivity index (χ4n) is 2.65. The van der Waals surface area contributed by atoms with Crippen LogP contribution < -0.4 is 0 Å². The van der Waals surface area contributed by atoms with E-state index in [1.807, 2.05) is 27.7 Å². The zero-order chi connectivity index (χ0) is 19.1. The van der Waals surface area contributed by atoms with Gasteiger partial charge in [-0.1, -0.05) is 27.7 Å². The van der Waals surface area contributed by atoms with Gasteiger partial charge in [0.25, 0.3) is 5.91 Å². The van der Waals surface area contributed by atoms with Gasteiger partial charge in [-0.3, -0.25) is 9.59 Å². The summed E-state index contributed by atoms with van der Waals surface area (Å²) in [5, 5.41) is 0.875. The molecule has 0 rings (SSSR count). The van der Waals surface area contributed by atoms with Gasteiger partial charge in [0.15, 0.2) is 0 Å². The van der Waals surface area contributed by atoms with E-state index in [2.05, 4.69) is 0 Å². The monoisotopic (exact) mass is 341 g/mol. The van der Waals surface area contributed by atoms with Gasteiger partial charge >= 0.3 is 5.97 Å². The fourth-order valence-corrected chi connectivity index (χ4v) is 2.65. The minimum Gasteiger partial charge on any atom is -0.338 e. The minimum atomic E-state index is -0.847. The maximum Gasteiger partial charge on any atom is 0.338 e. The Balaban J connectivity index is 4.79. The zero-order valence-corrected chi connectivity index (χ0v) is 16.0. The molecule has 0 atom stereocenters. The summed E-state index contributed by atoms with van der Waals surface area (Å²) in [6.45, 7) is 11.1. The summed E-state index contributed by atoms with van der Waals surface area (Å²) in [6, 6.07) is 0. The van der Waals surface area contributed by atoms with Gasteiger partial charge in [-0.15, -0.1) is 0 Å². The molecule has 0 saturated heterocycles. The van der Waals surface area contributed by atoms with Crippen LogP contribution in [0.4, 0.5) is 0 Å². The molecule has 24 heavy (non-hydrogen) atoms. The molecule has 0 N–H and O–H groups in total. The lowest BCUT2D eigenvalue weighted by atomic mass is 9.72. The standard InChI is InChI=1S/C18H31NO5/c1-13(2)14(21)11-17(3,4)12-18(5,6)16(23)24-19(7)15(22)9-8-10-20/h10,13H,8-9,11-12H2,1-7H3. The predicted molar refractivity (Wildman–Crippen MR) is 90.8 cm³/mol. The van der Waals surface area contributed by atoms with Gasteiger partial charge in [0.1, 0.15) is 12.1 Å². The molecule has 6 nitrogen and oxygen atoms in total. The van der Waals surface area contributed by atoms with E-state index in [4.69, 9.17) is 4.84 Å². The zero-order valence-electron chi connectivity index (χ0n) is 16.0. The topological polar surface area (TPSA) is 80.8 Å². The Hall–Kier alpha value is -1.72. The van der Waals surface area contributed by atoms with Crippen LogP contribution in [0.15, 0.2) is 0 Å². The van der Waals surface area contributed by atoms with Crippen molar-refractivity contribution in [1.29, 1.82) is 0 Å². The molecule has 0 aliphatic carbocycles. The van der Waals surface area contributed by atoms with Crippen LogP contribution in [-0.2, 0) is 24.0 Å². The predicted octanol–water partition coefficient (Wildman–Crippen LogP) is 2.94. The minimum absolute atomic E-state index is 0.00208.